The van der Waals surface area contributed by atoms with Crippen LogP contribution in [0.25, 0.3) is 0 Å². The van der Waals surface area contributed by atoms with Gasteiger partial charge in [-0.05, 0) is 0 Å². The second kappa shape index (κ2) is 2.71. The van der Waals surface area contributed by atoms with Crippen LogP contribution in [0.15, 0.2) is 0 Å². The van der Waals surface area contributed by atoms with Crippen LogP contribution in [0.3, 0.4) is 0 Å². The third kappa shape index (κ3) is 2.62. The smallest absolute Gasteiger partial charge is 0.347 e. The van der Waals surface area contributed by atoms with E-state index >= 15 is 0 Å². The molecule has 0 aliphatic heterocycles. The fraction of sp³-hybridized carbons (Fsp3) is 0.333. The van der Waals surface area contributed by atoms with E-state index < -0.39 is 7.91 Å². The third-order valence-electron chi connectivity index (χ3n) is 0.380. The maximum atomic E-state index is 11.8. The molecule has 0 N–H and O–H groups in total. The molecule has 0 aromatic rings. The third-order valence-corrected chi connectivity index (χ3v) is 1.14. The van der Waals surface area contributed by atoms with Crippen LogP contribution in [0.1, 0.15) is 0 Å². The van der Waals surface area contributed by atoms with Crippen LogP contribution in [-0.2, 0) is 13.6 Å². The lowest BCUT2D eigenvalue weighted by atomic mass is 11.3. The summed E-state index contributed by atoms with van der Waals surface area (Å²) in [5, 5.41) is 0. The summed E-state index contributed by atoms with van der Waals surface area (Å²) >= 11 is 0. The van der Waals surface area contributed by atoms with Gasteiger partial charge in [-0.15, -0.1) is 4.20 Å². The van der Waals surface area contributed by atoms with Gasteiger partial charge >= 0.3 is 7.91 Å². The van der Waals surface area contributed by atoms with Crippen molar-refractivity contribution in [2.24, 2.45) is 0 Å². The van der Waals surface area contributed by atoms with Crippen molar-refractivity contribution < 1.29 is 17.8 Å². The average molecular weight is 138 g/mol. The number of terminal acetylenes is 1. The first kappa shape index (κ1) is 7.48. The molecule has 0 saturated heterocycles. The lowest BCUT2D eigenvalue weighted by Crippen LogP contribution is -1.77. The average Bonchev–Trinajstić information content (AvgIpc) is 1.67. The summed E-state index contributed by atoms with van der Waals surface area (Å²) in [4.78, 5) is 0. The molecule has 0 saturated carbocycles. The first-order valence-corrected chi connectivity index (χ1v) is 3.05. The van der Waals surface area contributed by atoms with Gasteiger partial charge in [0, 0.05) is 7.11 Å². The summed E-state index contributed by atoms with van der Waals surface area (Å²) in [6.45, 7) is 0. The van der Waals surface area contributed by atoms with E-state index in [4.69, 9.17) is 0 Å². The first-order chi connectivity index (χ1) is 3.62. The molecule has 0 heterocycles. The summed E-state index contributed by atoms with van der Waals surface area (Å²) in [5.41, 5.74) is 0. The minimum absolute atomic E-state index is 0.901. The molecular formula is C3H4FO3P. The van der Waals surface area contributed by atoms with Crippen molar-refractivity contribution >= 4 is 7.91 Å². The van der Waals surface area contributed by atoms with E-state index in [2.05, 4.69) is 15.5 Å². The highest BCUT2D eigenvalue weighted by atomic mass is 31.2. The quantitative estimate of drug-likeness (QED) is 0.426. The molecule has 0 spiro atoms. The maximum absolute atomic E-state index is 11.8. The van der Waals surface area contributed by atoms with E-state index in [0.29, 0.717) is 0 Å². The van der Waals surface area contributed by atoms with Crippen molar-refractivity contribution in [3.05, 3.63) is 0 Å². The van der Waals surface area contributed by atoms with Gasteiger partial charge in [0.15, 0.2) is 0 Å². The van der Waals surface area contributed by atoms with Gasteiger partial charge in [-0.1, -0.05) is 6.42 Å². The molecule has 0 bridgehead atoms. The normalized spacial score (nSPS) is 16.1. The molecule has 46 valence electrons. The molecule has 8 heavy (non-hydrogen) atoms. The van der Waals surface area contributed by atoms with Crippen molar-refractivity contribution in [2.75, 3.05) is 7.11 Å². The van der Waals surface area contributed by atoms with E-state index in [0.717, 1.165) is 7.11 Å². The van der Waals surface area contributed by atoms with E-state index in [1.807, 2.05) is 0 Å². The molecule has 1 atom stereocenters. The lowest BCUT2D eigenvalue weighted by molar-refractivity contribution is 0.269. The van der Waals surface area contributed by atoms with Gasteiger partial charge in [0.05, 0.1) is 0 Å². The van der Waals surface area contributed by atoms with E-state index in [1.54, 1.807) is 0 Å². The molecular weight excluding hydrogens is 134 g/mol. The minimum Gasteiger partial charge on any atom is -0.347 e. The number of hydrogen-bond donors (Lipinski definition) is 0. The van der Waals surface area contributed by atoms with Crippen LogP contribution in [0.4, 0.5) is 4.20 Å². The molecule has 0 aromatic heterocycles. The highest BCUT2D eigenvalue weighted by Crippen LogP contribution is 2.48. The fourth-order valence-electron chi connectivity index (χ4n) is 0.100. The van der Waals surface area contributed by atoms with Gasteiger partial charge in [-0.2, -0.15) is 0 Å². The Morgan fingerprint density at radius 3 is 2.50 bits per heavy atom. The van der Waals surface area contributed by atoms with Crippen LogP contribution >= 0.6 is 7.91 Å². The predicted molar refractivity (Wildman–Crippen MR) is 25.6 cm³/mol. The largest absolute Gasteiger partial charge is 0.578 e. The molecule has 1 unspecified atom stereocenters. The summed E-state index contributed by atoms with van der Waals surface area (Å²) < 4.78 is 29.0. The summed E-state index contributed by atoms with van der Waals surface area (Å²) in [5.74, 6) is 0. The molecule has 3 nitrogen and oxygen atoms in total. The van der Waals surface area contributed by atoms with Gasteiger partial charge in [0.1, 0.15) is 6.11 Å². The number of halogens is 1. The SMILES string of the molecule is C#COP(=O)(F)OC. The second-order valence-corrected chi connectivity index (χ2v) is 2.23. The topological polar surface area (TPSA) is 35.5 Å². The Labute approximate surface area is 46.4 Å². The van der Waals surface area contributed by atoms with Crippen molar-refractivity contribution in [1.82, 2.24) is 0 Å². The van der Waals surface area contributed by atoms with Crippen molar-refractivity contribution in [3.63, 3.8) is 0 Å². The van der Waals surface area contributed by atoms with Gasteiger partial charge in [0.25, 0.3) is 0 Å². The van der Waals surface area contributed by atoms with Crippen LogP contribution in [0.2, 0.25) is 0 Å². The Bertz CT molecular complexity index is 149. The van der Waals surface area contributed by atoms with Gasteiger partial charge < -0.3 is 4.52 Å². The number of rotatable bonds is 2. The van der Waals surface area contributed by atoms with Crippen LogP contribution in [-0.4, -0.2) is 7.11 Å². The highest BCUT2D eigenvalue weighted by molar-refractivity contribution is 7.48. The maximum Gasteiger partial charge on any atom is 0.578 e. The Balaban J connectivity index is 3.78. The van der Waals surface area contributed by atoms with Crippen LogP contribution in [0.5, 0.6) is 0 Å². The van der Waals surface area contributed by atoms with Gasteiger partial charge in [0.2, 0.25) is 0 Å². The molecule has 5 heteroatoms. The van der Waals surface area contributed by atoms with Crippen LogP contribution < -0.4 is 0 Å². The fourth-order valence-corrected chi connectivity index (χ4v) is 0.301. The van der Waals surface area contributed by atoms with Crippen LogP contribution in [0, 0.1) is 12.5 Å². The van der Waals surface area contributed by atoms with Crippen molar-refractivity contribution in [1.29, 1.82) is 0 Å². The first-order valence-electron chi connectivity index (χ1n) is 1.62. The Morgan fingerprint density at radius 2 is 2.38 bits per heavy atom. The van der Waals surface area contributed by atoms with E-state index in [-0.39, 0.29) is 0 Å². The molecule has 0 amide bonds. The minimum atomic E-state index is -4.41. The summed E-state index contributed by atoms with van der Waals surface area (Å²) in [6, 6.07) is 0. The predicted octanol–water partition coefficient (Wildman–Crippen LogP) is 1.32. The molecule has 0 aliphatic carbocycles. The van der Waals surface area contributed by atoms with Crippen molar-refractivity contribution in [3.8, 4) is 12.5 Å². The Kier molecular flexibility index (Phi) is 2.53. The standard InChI is InChI=1S/C3H4FO3P/c1-3-7-8(4,5)6-2/h1H,2H3. The lowest BCUT2D eigenvalue weighted by Gasteiger charge is -1.98. The molecule has 0 rings (SSSR count). The highest BCUT2D eigenvalue weighted by Gasteiger charge is 2.21. The summed E-state index contributed by atoms with van der Waals surface area (Å²) in [6.07, 6.45) is 5.82. The zero-order valence-corrected chi connectivity index (χ0v) is 5.02. The number of hydrogen-bond acceptors (Lipinski definition) is 3. The van der Waals surface area contributed by atoms with E-state index in [9.17, 15) is 8.76 Å². The summed E-state index contributed by atoms with van der Waals surface area (Å²) in [7, 11) is -3.51. The Hall–Kier alpha value is -0.520. The Morgan fingerprint density at radius 1 is 1.88 bits per heavy atom. The van der Waals surface area contributed by atoms with Gasteiger partial charge in [-0.3, -0.25) is 4.52 Å². The molecule has 0 fully saturated rings. The molecule has 0 aromatic carbocycles. The zero-order chi connectivity index (χ0) is 6.62. The molecule has 0 radical (unpaired) electrons. The zero-order valence-electron chi connectivity index (χ0n) is 4.13. The van der Waals surface area contributed by atoms with E-state index in [1.165, 1.54) is 6.11 Å². The van der Waals surface area contributed by atoms with Gasteiger partial charge in [-0.25, -0.2) is 4.57 Å². The second-order valence-electron chi connectivity index (χ2n) is 0.822. The van der Waals surface area contributed by atoms with Crippen molar-refractivity contribution in [2.45, 2.75) is 0 Å². The molecule has 0 aliphatic rings. The monoisotopic (exact) mass is 138 g/mol.